The fourth-order valence-electron chi connectivity index (χ4n) is 1.85. The Morgan fingerprint density at radius 2 is 1.92 bits per heavy atom. The van der Waals surface area contributed by atoms with E-state index in [1.165, 1.54) is 6.07 Å². The van der Waals surface area contributed by atoms with Gasteiger partial charge in [-0.1, -0.05) is 24.3 Å². The lowest BCUT2D eigenvalue weighted by Crippen LogP contribution is -2.21. The molecule has 0 heterocycles. The van der Waals surface area contributed by atoms with Gasteiger partial charge in [0.2, 0.25) is 0 Å². The van der Waals surface area contributed by atoms with Crippen LogP contribution in [0.5, 0.6) is 0 Å². The Morgan fingerprint density at radius 1 is 1.17 bits per heavy atom. The van der Waals surface area contributed by atoms with Crippen molar-refractivity contribution in [2.45, 2.75) is 18.2 Å². The maximum Gasteiger partial charge on any atom is 0.307 e. The minimum absolute atomic E-state index is 0.214. The number of hydrogen-bond donors (Lipinski definition) is 1. The minimum Gasteiger partial charge on any atom is -0.456 e. The van der Waals surface area contributed by atoms with Gasteiger partial charge in [0, 0.05) is 16.3 Å². The number of rotatable bonds is 7. The maximum absolute atomic E-state index is 13.4. The molecule has 24 heavy (non-hydrogen) atoms. The van der Waals surface area contributed by atoms with Crippen LogP contribution < -0.4 is 5.32 Å². The molecule has 0 atom stereocenters. The van der Waals surface area contributed by atoms with Gasteiger partial charge in [0.15, 0.2) is 6.61 Å². The molecule has 2 aromatic rings. The highest BCUT2D eigenvalue weighted by atomic mass is 32.2. The third kappa shape index (κ3) is 6.04. The number of amides is 1. The molecule has 0 bridgehead atoms. The molecule has 0 aromatic heterocycles. The topological polar surface area (TPSA) is 55.4 Å². The molecule has 0 spiro atoms. The van der Waals surface area contributed by atoms with Crippen LogP contribution in [0.1, 0.15) is 12.0 Å². The molecule has 2 rings (SSSR count). The van der Waals surface area contributed by atoms with Gasteiger partial charge in [-0.25, -0.2) is 4.39 Å². The van der Waals surface area contributed by atoms with Crippen molar-refractivity contribution in [3.63, 3.8) is 0 Å². The molecule has 2 aromatic carbocycles. The highest BCUT2D eigenvalue weighted by molar-refractivity contribution is 7.99. The number of anilines is 1. The van der Waals surface area contributed by atoms with Crippen molar-refractivity contribution in [1.82, 2.24) is 0 Å². The molecule has 0 radical (unpaired) electrons. The number of nitrogens with one attached hydrogen (secondary N) is 1. The molecule has 0 saturated carbocycles. The van der Waals surface area contributed by atoms with Gasteiger partial charge in [0.1, 0.15) is 5.82 Å². The number of hydrogen-bond acceptors (Lipinski definition) is 4. The quantitative estimate of drug-likeness (QED) is 0.611. The second-order valence-electron chi connectivity index (χ2n) is 5.08. The van der Waals surface area contributed by atoms with Crippen molar-refractivity contribution in [3.05, 3.63) is 59.9 Å². The molecule has 4 nitrogen and oxygen atoms in total. The zero-order valence-corrected chi connectivity index (χ0v) is 14.1. The van der Waals surface area contributed by atoms with Crippen LogP contribution in [0, 0.1) is 12.7 Å². The van der Waals surface area contributed by atoms with Gasteiger partial charge in [-0.05, 0) is 36.8 Å². The van der Waals surface area contributed by atoms with E-state index in [1.807, 2.05) is 30.3 Å². The van der Waals surface area contributed by atoms with Crippen LogP contribution in [0.25, 0.3) is 0 Å². The van der Waals surface area contributed by atoms with E-state index in [-0.39, 0.29) is 13.0 Å². The Morgan fingerprint density at radius 3 is 2.62 bits per heavy atom. The van der Waals surface area contributed by atoms with Gasteiger partial charge < -0.3 is 10.1 Å². The van der Waals surface area contributed by atoms with Crippen molar-refractivity contribution < 1.29 is 18.7 Å². The molecular formula is C18H18FNO3S. The Kier molecular flexibility index (Phi) is 6.81. The Bertz CT molecular complexity index is 707. The summed E-state index contributed by atoms with van der Waals surface area (Å²) in [6, 6.07) is 14.1. The lowest BCUT2D eigenvalue weighted by molar-refractivity contribution is -0.146. The molecule has 1 N–H and O–H groups in total. The minimum atomic E-state index is -0.498. The average Bonchev–Trinajstić information content (AvgIpc) is 2.57. The van der Waals surface area contributed by atoms with Gasteiger partial charge in [0.05, 0.1) is 6.42 Å². The first-order valence-corrected chi connectivity index (χ1v) is 8.42. The molecule has 0 fully saturated rings. The number of halogens is 1. The van der Waals surface area contributed by atoms with Crippen molar-refractivity contribution in [3.8, 4) is 0 Å². The number of carbonyl (C=O) groups is 2. The zero-order valence-electron chi connectivity index (χ0n) is 13.3. The van der Waals surface area contributed by atoms with Gasteiger partial charge in [-0.15, -0.1) is 11.8 Å². The highest BCUT2D eigenvalue weighted by Gasteiger charge is 2.09. The SMILES string of the molecule is Cc1ccc(NC(=O)COC(=O)CCSc2ccccc2)cc1F. The zero-order chi connectivity index (χ0) is 17.4. The average molecular weight is 347 g/mol. The van der Waals surface area contributed by atoms with Crippen molar-refractivity contribution >= 4 is 29.3 Å². The largest absolute Gasteiger partial charge is 0.456 e. The number of aryl methyl sites for hydroxylation is 1. The number of thioether (sulfide) groups is 1. The van der Waals surface area contributed by atoms with Crippen LogP contribution >= 0.6 is 11.8 Å². The van der Waals surface area contributed by atoms with Gasteiger partial charge >= 0.3 is 5.97 Å². The summed E-state index contributed by atoms with van der Waals surface area (Å²) in [5, 5.41) is 2.49. The van der Waals surface area contributed by atoms with Crippen molar-refractivity contribution in [2.75, 3.05) is 17.7 Å². The first kappa shape index (κ1) is 18.0. The Balaban J connectivity index is 1.67. The molecule has 126 valence electrons. The molecular weight excluding hydrogens is 329 g/mol. The summed E-state index contributed by atoms with van der Waals surface area (Å²) >= 11 is 1.55. The van der Waals surface area contributed by atoms with E-state index in [4.69, 9.17) is 4.74 Å². The van der Waals surface area contributed by atoms with Crippen LogP contribution in [-0.2, 0) is 14.3 Å². The first-order chi connectivity index (χ1) is 11.5. The smallest absolute Gasteiger partial charge is 0.307 e. The molecule has 0 aliphatic rings. The number of carbonyl (C=O) groups excluding carboxylic acids is 2. The molecule has 0 unspecified atom stereocenters. The van der Waals surface area contributed by atoms with E-state index >= 15 is 0 Å². The molecule has 1 amide bonds. The Labute approximate surface area is 144 Å². The second-order valence-corrected chi connectivity index (χ2v) is 6.25. The highest BCUT2D eigenvalue weighted by Crippen LogP contribution is 2.18. The number of esters is 1. The van der Waals surface area contributed by atoms with Crippen LogP contribution in [0.2, 0.25) is 0 Å². The normalized spacial score (nSPS) is 10.2. The van der Waals surface area contributed by atoms with E-state index < -0.39 is 17.7 Å². The van der Waals surface area contributed by atoms with Gasteiger partial charge in [-0.2, -0.15) is 0 Å². The van der Waals surface area contributed by atoms with E-state index in [0.717, 1.165) is 4.90 Å². The molecule has 0 aliphatic heterocycles. The predicted octanol–water partition coefficient (Wildman–Crippen LogP) is 3.80. The molecule has 6 heteroatoms. The third-order valence-electron chi connectivity index (χ3n) is 3.14. The summed E-state index contributed by atoms with van der Waals surface area (Å²) in [7, 11) is 0. The van der Waals surface area contributed by atoms with Crippen molar-refractivity contribution in [2.24, 2.45) is 0 Å². The summed E-state index contributed by atoms with van der Waals surface area (Å²) in [4.78, 5) is 24.4. The number of benzene rings is 2. The van der Waals surface area contributed by atoms with Gasteiger partial charge in [-0.3, -0.25) is 9.59 Å². The van der Waals surface area contributed by atoms with Crippen LogP contribution in [0.4, 0.5) is 10.1 Å². The fourth-order valence-corrected chi connectivity index (χ4v) is 2.71. The lowest BCUT2D eigenvalue weighted by Gasteiger charge is -2.07. The van der Waals surface area contributed by atoms with E-state index in [2.05, 4.69) is 5.32 Å². The monoisotopic (exact) mass is 347 g/mol. The van der Waals surface area contributed by atoms with Gasteiger partial charge in [0.25, 0.3) is 5.91 Å². The Hall–Kier alpha value is -2.34. The van der Waals surface area contributed by atoms with E-state index in [0.29, 0.717) is 17.0 Å². The predicted molar refractivity (Wildman–Crippen MR) is 92.5 cm³/mol. The van der Waals surface area contributed by atoms with E-state index in [9.17, 15) is 14.0 Å². The van der Waals surface area contributed by atoms with Crippen LogP contribution in [0.3, 0.4) is 0 Å². The maximum atomic E-state index is 13.4. The van der Waals surface area contributed by atoms with E-state index in [1.54, 1.807) is 30.8 Å². The summed E-state index contributed by atoms with van der Waals surface area (Å²) < 4.78 is 18.3. The summed E-state index contributed by atoms with van der Waals surface area (Å²) in [5.41, 5.74) is 0.828. The number of ether oxygens (including phenoxy) is 1. The molecule has 0 saturated heterocycles. The molecule has 0 aliphatic carbocycles. The first-order valence-electron chi connectivity index (χ1n) is 7.44. The lowest BCUT2D eigenvalue weighted by atomic mass is 10.2. The van der Waals surface area contributed by atoms with Crippen LogP contribution in [0.15, 0.2) is 53.4 Å². The summed E-state index contributed by atoms with van der Waals surface area (Å²) in [6.45, 7) is 1.25. The van der Waals surface area contributed by atoms with Crippen LogP contribution in [-0.4, -0.2) is 24.2 Å². The summed E-state index contributed by atoms with van der Waals surface area (Å²) in [6.07, 6.45) is 0.214. The second kappa shape index (κ2) is 9.08. The summed E-state index contributed by atoms with van der Waals surface area (Å²) in [5.74, 6) is -0.762. The van der Waals surface area contributed by atoms with Crippen molar-refractivity contribution in [1.29, 1.82) is 0 Å². The third-order valence-corrected chi connectivity index (χ3v) is 4.15. The fraction of sp³-hybridized carbons (Fsp3) is 0.222. The standard InChI is InChI=1S/C18H18FNO3S/c1-13-7-8-14(11-16(13)19)20-17(21)12-23-18(22)9-10-24-15-5-3-2-4-6-15/h2-8,11H,9-10,12H2,1H3,(H,20,21).